The van der Waals surface area contributed by atoms with Gasteiger partial charge in [-0.3, -0.25) is 9.48 Å². The van der Waals surface area contributed by atoms with Crippen LogP contribution in [0.15, 0.2) is 59.7 Å². The monoisotopic (exact) mass is 467 g/mol. The first-order valence-corrected chi connectivity index (χ1v) is 9.52. The van der Waals surface area contributed by atoms with E-state index in [4.69, 9.17) is 0 Å². The fourth-order valence-corrected chi connectivity index (χ4v) is 3.42. The zero-order valence-corrected chi connectivity index (χ0v) is 16.9. The highest BCUT2D eigenvalue weighted by atomic mass is 19.4. The Labute approximate surface area is 182 Å². The fourth-order valence-electron chi connectivity index (χ4n) is 3.42. The lowest BCUT2D eigenvalue weighted by Crippen LogP contribution is -2.17. The van der Waals surface area contributed by atoms with E-state index in [2.05, 4.69) is 14.8 Å². The van der Waals surface area contributed by atoms with E-state index in [1.165, 1.54) is 35.1 Å². The van der Waals surface area contributed by atoms with E-state index in [0.29, 0.717) is 22.4 Å². The van der Waals surface area contributed by atoms with Gasteiger partial charge >= 0.3 is 12.5 Å². The fraction of sp³-hybridized carbons (Fsp3) is 0.182. The highest BCUT2D eigenvalue weighted by Crippen LogP contribution is 2.31. The first-order chi connectivity index (χ1) is 15.4. The zero-order chi connectivity index (χ0) is 24.0. The maximum atomic E-state index is 13.1. The molecule has 2 aromatic carbocycles. The minimum absolute atomic E-state index is 0.0448. The van der Waals surface area contributed by atoms with Gasteiger partial charge in [0.2, 0.25) is 0 Å². The molecule has 1 N–H and O–H groups in total. The van der Waals surface area contributed by atoms with Crippen molar-refractivity contribution >= 4 is 10.9 Å². The molecule has 0 radical (unpaired) electrons. The van der Waals surface area contributed by atoms with Crippen LogP contribution in [0.25, 0.3) is 22.2 Å². The van der Waals surface area contributed by atoms with Gasteiger partial charge in [-0.2, -0.15) is 18.3 Å². The molecule has 11 heteroatoms. The normalized spacial score (nSPS) is 12.3. The van der Waals surface area contributed by atoms with Crippen molar-refractivity contribution in [2.24, 2.45) is 0 Å². The van der Waals surface area contributed by atoms with Crippen molar-refractivity contribution in [3.05, 3.63) is 81.8 Å². The molecular formula is C22H15F6N3O2. The number of pyridine rings is 1. The molecule has 4 aromatic rings. The predicted octanol–water partition coefficient (Wildman–Crippen LogP) is 5.67. The Bertz CT molecular complexity index is 1370. The molecule has 0 amide bonds. The molecule has 0 atom stereocenters. The van der Waals surface area contributed by atoms with Crippen LogP contribution in [0.2, 0.25) is 0 Å². The first kappa shape index (κ1) is 22.4. The van der Waals surface area contributed by atoms with Crippen molar-refractivity contribution in [2.75, 3.05) is 0 Å². The van der Waals surface area contributed by atoms with Crippen LogP contribution in [0.4, 0.5) is 26.3 Å². The number of aromatic nitrogens is 3. The first-order valence-electron chi connectivity index (χ1n) is 9.52. The van der Waals surface area contributed by atoms with Crippen molar-refractivity contribution in [3.63, 3.8) is 0 Å². The molecule has 0 saturated carbocycles. The third kappa shape index (κ3) is 4.86. The Morgan fingerprint density at radius 2 is 1.73 bits per heavy atom. The molecule has 0 aliphatic carbocycles. The highest BCUT2D eigenvalue weighted by molar-refractivity contribution is 5.83. The van der Waals surface area contributed by atoms with Crippen molar-refractivity contribution in [3.8, 4) is 17.0 Å². The van der Waals surface area contributed by atoms with Crippen LogP contribution >= 0.6 is 0 Å². The van der Waals surface area contributed by atoms with Gasteiger partial charge < -0.3 is 9.72 Å². The van der Waals surface area contributed by atoms with E-state index >= 15 is 0 Å². The lowest BCUT2D eigenvalue weighted by molar-refractivity contribution is -0.274. The van der Waals surface area contributed by atoms with Crippen LogP contribution in [-0.2, 0) is 12.7 Å². The number of H-pyrrole nitrogens is 1. The van der Waals surface area contributed by atoms with E-state index in [9.17, 15) is 31.1 Å². The molecule has 0 fully saturated rings. The third-order valence-electron chi connectivity index (χ3n) is 4.99. The van der Waals surface area contributed by atoms with Crippen molar-refractivity contribution < 1.29 is 31.1 Å². The number of nitrogens with one attached hydrogen (secondary N) is 1. The smallest absolute Gasteiger partial charge is 0.406 e. The minimum Gasteiger partial charge on any atom is -0.406 e. The molecule has 5 nitrogen and oxygen atoms in total. The third-order valence-corrected chi connectivity index (χ3v) is 4.99. The highest BCUT2D eigenvalue weighted by Gasteiger charge is 2.31. The van der Waals surface area contributed by atoms with E-state index in [-0.39, 0.29) is 23.2 Å². The number of nitrogens with zero attached hydrogens (tertiary/aromatic N) is 2. The number of ether oxygens (including phenoxy) is 1. The van der Waals surface area contributed by atoms with Gasteiger partial charge in [0, 0.05) is 22.7 Å². The maximum absolute atomic E-state index is 13.1. The molecule has 0 aliphatic heterocycles. The summed E-state index contributed by atoms with van der Waals surface area (Å²) >= 11 is 0. The van der Waals surface area contributed by atoms with Crippen LogP contribution in [0.3, 0.4) is 0 Å². The second kappa shape index (κ2) is 7.98. The summed E-state index contributed by atoms with van der Waals surface area (Å²) in [5, 5.41) is 4.32. The topological polar surface area (TPSA) is 59.9 Å². The number of aromatic amines is 1. The van der Waals surface area contributed by atoms with Crippen molar-refractivity contribution in [1.29, 1.82) is 0 Å². The molecule has 0 unspecified atom stereocenters. The number of halogens is 6. The number of hydrogen-bond donors (Lipinski definition) is 1. The molecule has 0 bridgehead atoms. The lowest BCUT2D eigenvalue weighted by Gasteiger charge is -2.10. The van der Waals surface area contributed by atoms with Crippen LogP contribution < -0.4 is 10.2 Å². The van der Waals surface area contributed by atoms with Crippen molar-refractivity contribution in [1.82, 2.24) is 14.8 Å². The molecule has 0 aliphatic rings. The number of rotatable bonds is 4. The Kier molecular flexibility index (Phi) is 5.43. The Morgan fingerprint density at radius 3 is 2.36 bits per heavy atom. The van der Waals surface area contributed by atoms with E-state index in [0.717, 1.165) is 18.2 Å². The number of alkyl halides is 6. The summed E-state index contributed by atoms with van der Waals surface area (Å²) in [6.45, 7) is 1.77. The number of fused-ring (bicyclic) bond motifs is 1. The van der Waals surface area contributed by atoms with E-state index < -0.39 is 23.5 Å². The van der Waals surface area contributed by atoms with Gasteiger partial charge in [0.25, 0.3) is 0 Å². The van der Waals surface area contributed by atoms with Gasteiger partial charge in [-0.15, -0.1) is 13.2 Å². The van der Waals surface area contributed by atoms with Crippen LogP contribution in [0, 0.1) is 6.92 Å². The number of benzene rings is 2. The zero-order valence-electron chi connectivity index (χ0n) is 16.9. The van der Waals surface area contributed by atoms with E-state index in [1.54, 1.807) is 13.1 Å². The van der Waals surface area contributed by atoms with Gasteiger partial charge in [0.05, 0.1) is 29.5 Å². The molecule has 4 rings (SSSR count). The second-order valence-electron chi connectivity index (χ2n) is 7.33. The lowest BCUT2D eigenvalue weighted by atomic mass is 10.0. The van der Waals surface area contributed by atoms with Gasteiger partial charge in [0.15, 0.2) is 5.43 Å². The molecule has 2 heterocycles. The average molecular weight is 467 g/mol. The van der Waals surface area contributed by atoms with Crippen LogP contribution in [0.1, 0.15) is 16.7 Å². The molecule has 0 spiro atoms. The summed E-state index contributed by atoms with van der Waals surface area (Å²) < 4.78 is 81.3. The maximum Gasteiger partial charge on any atom is 0.573 e. The Balaban J connectivity index is 1.63. The summed E-state index contributed by atoms with van der Waals surface area (Å²) in [5.41, 5.74) is 0.513. The molecule has 172 valence electrons. The van der Waals surface area contributed by atoms with Crippen LogP contribution in [0.5, 0.6) is 5.75 Å². The van der Waals surface area contributed by atoms with Gasteiger partial charge in [-0.1, -0.05) is 12.1 Å². The summed E-state index contributed by atoms with van der Waals surface area (Å²) in [6, 6.07) is 8.14. The van der Waals surface area contributed by atoms with Crippen LogP contribution in [-0.4, -0.2) is 21.1 Å². The summed E-state index contributed by atoms with van der Waals surface area (Å²) in [5.74, 6) is -0.352. The van der Waals surface area contributed by atoms with Crippen molar-refractivity contribution in [2.45, 2.75) is 26.0 Å². The van der Waals surface area contributed by atoms with Gasteiger partial charge in [-0.05, 0) is 42.8 Å². The summed E-state index contributed by atoms with van der Waals surface area (Å²) in [6.07, 6.45) is -6.31. The standard InChI is InChI=1S/C22H15F6N3O2/c1-12-19(30-18-8-15(21(23,24)25)4-7-17(18)20(12)32)14-9-29-31(11-14)10-13-2-5-16(6-3-13)33-22(26,27)28/h2-9,11H,10H2,1H3,(H,30,32). The molecule has 2 aromatic heterocycles. The van der Waals surface area contributed by atoms with Gasteiger partial charge in [-0.25, -0.2) is 0 Å². The second-order valence-corrected chi connectivity index (χ2v) is 7.33. The number of hydrogen-bond acceptors (Lipinski definition) is 3. The predicted molar refractivity (Wildman–Crippen MR) is 108 cm³/mol. The Morgan fingerprint density at radius 1 is 1.03 bits per heavy atom. The quantitative estimate of drug-likeness (QED) is 0.394. The van der Waals surface area contributed by atoms with E-state index in [1.807, 2.05) is 0 Å². The average Bonchev–Trinajstić information content (AvgIpc) is 3.18. The minimum atomic E-state index is -4.78. The molecular weight excluding hydrogens is 452 g/mol. The molecule has 33 heavy (non-hydrogen) atoms. The van der Waals surface area contributed by atoms with Gasteiger partial charge in [0.1, 0.15) is 5.75 Å². The summed E-state index contributed by atoms with van der Waals surface area (Å²) in [7, 11) is 0. The largest absolute Gasteiger partial charge is 0.573 e. The summed E-state index contributed by atoms with van der Waals surface area (Å²) in [4.78, 5) is 15.6. The Hall–Kier alpha value is -3.76. The molecule has 0 saturated heterocycles. The SMILES string of the molecule is Cc1c(-c2cnn(Cc3ccc(OC(F)(F)F)cc3)c2)[nH]c2cc(C(F)(F)F)ccc2c1=O.